The maximum absolute atomic E-state index is 12.9. The van der Waals surface area contributed by atoms with Crippen molar-refractivity contribution in [2.24, 2.45) is 5.92 Å². The number of aliphatic carboxylic acids is 1. The highest BCUT2D eigenvalue weighted by Crippen LogP contribution is 2.20. The number of nitrogens with one attached hydrogen (secondary N) is 1. The first-order chi connectivity index (χ1) is 9.31. The maximum Gasteiger partial charge on any atom is 0.316 e. The second-order valence-corrected chi connectivity index (χ2v) is 5.62. The van der Waals surface area contributed by atoms with Gasteiger partial charge in [-0.1, -0.05) is 13.8 Å². The summed E-state index contributed by atoms with van der Waals surface area (Å²) in [6.45, 7) is 3.50. The molecule has 7 heteroatoms. The van der Waals surface area contributed by atoms with E-state index in [4.69, 9.17) is 5.11 Å². The Kier molecular flexibility index (Phi) is 5.94. The van der Waals surface area contributed by atoms with Gasteiger partial charge in [0.15, 0.2) is 11.6 Å². The molecule has 1 aromatic rings. The lowest BCUT2D eigenvalue weighted by molar-refractivity contribution is -0.137. The summed E-state index contributed by atoms with van der Waals surface area (Å²) in [4.78, 5) is 22.6. The lowest BCUT2D eigenvalue weighted by Gasteiger charge is -2.15. The molecule has 0 heterocycles. The third kappa shape index (κ3) is 4.80. The third-order valence-corrected chi connectivity index (χ3v) is 3.98. The number of rotatable bonds is 6. The Bertz CT molecular complexity index is 508. The molecule has 4 nitrogen and oxygen atoms in total. The first kappa shape index (κ1) is 16.4. The number of carboxylic acid groups (broad SMARTS) is 1. The van der Waals surface area contributed by atoms with Gasteiger partial charge in [-0.05, 0) is 18.1 Å². The second kappa shape index (κ2) is 7.23. The van der Waals surface area contributed by atoms with E-state index >= 15 is 0 Å². The van der Waals surface area contributed by atoms with Gasteiger partial charge in [-0.15, -0.1) is 11.8 Å². The van der Waals surface area contributed by atoms with Crippen molar-refractivity contribution >= 4 is 29.3 Å². The lowest BCUT2D eigenvalue weighted by Crippen LogP contribution is -2.25. The van der Waals surface area contributed by atoms with Crippen LogP contribution in [0.1, 0.15) is 13.8 Å². The summed E-state index contributed by atoms with van der Waals surface area (Å²) in [5.41, 5.74) is 0.130. The number of halogens is 2. The molecule has 1 amide bonds. The van der Waals surface area contributed by atoms with Gasteiger partial charge in [0.05, 0.1) is 5.75 Å². The SMILES string of the molecule is CC(C)C(SCC(=O)Nc1ccc(F)c(F)c1)C(=O)O. The predicted molar refractivity (Wildman–Crippen MR) is 73.7 cm³/mol. The van der Waals surface area contributed by atoms with Gasteiger partial charge in [0.1, 0.15) is 5.25 Å². The van der Waals surface area contributed by atoms with E-state index in [9.17, 15) is 18.4 Å². The summed E-state index contributed by atoms with van der Waals surface area (Å²) < 4.78 is 25.7. The van der Waals surface area contributed by atoms with Crippen LogP contribution in [0.5, 0.6) is 0 Å². The van der Waals surface area contributed by atoms with Crippen LogP contribution < -0.4 is 5.32 Å². The van der Waals surface area contributed by atoms with Crippen molar-refractivity contribution in [2.75, 3.05) is 11.1 Å². The van der Waals surface area contributed by atoms with Crippen molar-refractivity contribution in [2.45, 2.75) is 19.1 Å². The quantitative estimate of drug-likeness (QED) is 0.848. The molecule has 1 rings (SSSR count). The largest absolute Gasteiger partial charge is 0.480 e. The zero-order valence-corrected chi connectivity index (χ0v) is 11.8. The third-order valence-electron chi connectivity index (χ3n) is 2.45. The molecule has 0 aliphatic rings. The van der Waals surface area contributed by atoms with Crippen molar-refractivity contribution in [1.82, 2.24) is 0 Å². The van der Waals surface area contributed by atoms with E-state index in [1.165, 1.54) is 6.07 Å². The topological polar surface area (TPSA) is 66.4 Å². The number of carboxylic acids is 1. The standard InChI is InChI=1S/C13H15F2NO3S/c1-7(2)12(13(18)19)20-6-11(17)16-8-3-4-9(14)10(15)5-8/h3-5,7,12H,6H2,1-2H3,(H,16,17)(H,18,19). The minimum Gasteiger partial charge on any atom is -0.480 e. The van der Waals surface area contributed by atoms with Crippen LogP contribution >= 0.6 is 11.8 Å². The van der Waals surface area contributed by atoms with Gasteiger partial charge in [0.2, 0.25) is 5.91 Å². The minimum absolute atomic E-state index is 0.0753. The summed E-state index contributed by atoms with van der Waals surface area (Å²) in [6.07, 6.45) is 0. The van der Waals surface area contributed by atoms with E-state index in [1.54, 1.807) is 13.8 Å². The fourth-order valence-corrected chi connectivity index (χ4v) is 2.42. The number of benzene rings is 1. The Balaban J connectivity index is 2.55. The molecule has 1 aromatic carbocycles. The normalized spacial score (nSPS) is 12.2. The Morgan fingerprint density at radius 3 is 2.45 bits per heavy atom. The van der Waals surface area contributed by atoms with E-state index in [0.717, 1.165) is 23.9 Å². The number of carbonyl (C=O) groups is 2. The summed E-state index contributed by atoms with van der Waals surface area (Å²) in [6, 6.07) is 3.01. The molecular formula is C13H15F2NO3S. The van der Waals surface area contributed by atoms with Crippen LogP contribution in [0.3, 0.4) is 0 Å². The van der Waals surface area contributed by atoms with Crippen LogP contribution in [0.2, 0.25) is 0 Å². The van der Waals surface area contributed by atoms with Crippen molar-refractivity contribution in [1.29, 1.82) is 0 Å². The lowest BCUT2D eigenvalue weighted by atomic mass is 10.1. The highest BCUT2D eigenvalue weighted by Gasteiger charge is 2.22. The minimum atomic E-state index is -1.05. The van der Waals surface area contributed by atoms with Crippen LogP contribution in [0.4, 0.5) is 14.5 Å². The molecule has 20 heavy (non-hydrogen) atoms. The van der Waals surface area contributed by atoms with Crippen LogP contribution in [-0.2, 0) is 9.59 Å². The first-order valence-electron chi connectivity index (χ1n) is 5.90. The Morgan fingerprint density at radius 1 is 1.30 bits per heavy atom. The molecule has 0 radical (unpaired) electrons. The van der Waals surface area contributed by atoms with Crippen molar-refractivity contribution in [3.8, 4) is 0 Å². The zero-order valence-electron chi connectivity index (χ0n) is 11.0. The molecule has 0 saturated heterocycles. The van der Waals surface area contributed by atoms with Gasteiger partial charge in [0.25, 0.3) is 0 Å². The van der Waals surface area contributed by atoms with Gasteiger partial charge in [-0.25, -0.2) is 8.78 Å². The van der Waals surface area contributed by atoms with Gasteiger partial charge < -0.3 is 10.4 Å². The van der Waals surface area contributed by atoms with Crippen molar-refractivity contribution in [3.05, 3.63) is 29.8 Å². The number of anilines is 1. The molecular weight excluding hydrogens is 288 g/mol. The maximum atomic E-state index is 12.9. The fourth-order valence-electron chi connectivity index (χ4n) is 1.49. The van der Waals surface area contributed by atoms with Crippen LogP contribution in [0.15, 0.2) is 18.2 Å². The molecule has 1 atom stereocenters. The van der Waals surface area contributed by atoms with Crippen LogP contribution in [-0.4, -0.2) is 28.0 Å². The Labute approximate surface area is 119 Å². The first-order valence-corrected chi connectivity index (χ1v) is 6.95. The molecule has 0 saturated carbocycles. The van der Waals surface area contributed by atoms with Crippen LogP contribution in [0, 0.1) is 17.6 Å². The summed E-state index contributed by atoms with van der Waals surface area (Å²) >= 11 is 0.993. The van der Waals surface area contributed by atoms with Crippen molar-refractivity contribution < 1.29 is 23.5 Å². The summed E-state index contributed by atoms with van der Waals surface area (Å²) in [5, 5.41) is 10.7. The van der Waals surface area contributed by atoms with Gasteiger partial charge in [-0.2, -0.15) is 0 Å². The zero-order chi connectivity index (χ0) is 15.3. The van der Waals surface area contributed by atoms with E-state index in [0.29, 0.717) is 0 Å². The van der Waals surface area contributed by atoms with E-state index in [-0.39, 0.29) is 17.4 Å². The van der Waals surface area contributed by atoms with Crippen LogP contribution in [0.25, 0.3) is 0 Å². The number of amides is 1. The molecule has 0 spiro atoms. The fraction of sp³-hybridized carbons (Fsp3) is 0.385. The average molecular weight is 303 g/mol. The summed E-state index contributed by atoms with van der Waals surface area (Å²) in [7, 11) is 0. The molecule has 0 aliphatic heterocycles. The van der Waals surface area contributed by atoms with Gasteiger partial charge in [-0.3, -0.25) is 9.59 Å². The van der Waals surface area contributed by atoms with E-state index < -0.39 is 28.8 Å². The van der Waals surface area contributed by atoms with Crippen molar-refractivity contribution in [3.63, 3.8) is 0 Å². The predicted octanol–water partition coefficient (Wildman–Crippen LogP) is 2.75. The highest BCUT2D eigenvalue weighted by molar-refractivity contribution is 8.01. The monoisotopic (exact) mass is 303 g/mol. The smallest absolute Gasteiger partial charge is 0.316 e. The van der Waals surface area contributed by atoms with Gasteiger partial charge in [0, 0.05) is 11.8 Å². The van der Waals surface area contributed by atoms with E-state index in [1.807, 2.05) is 0 Å². The average Bonchev–Trinajstić information content (AvgIpc) is 2.33. The molecule has 0 aromatic heterocycles. The van der Waals surface area contributed by atoms with E-state index in [2.05, 4.69) is 5.32 Å². The molecule has 1 unspecified atom stereocenters. The number of hydrogen-bond acceptors (Lipinski definition) is 3. The van der Waals surface area contributed by atoms with Gasteiger partial charge >= 0.3 is 5.97 Å². The Hall–Kier alpha value is -1.63. The molecule has 0 aliphatic carbocycles. The summed E-state index contributed by atoms with van der Waals surface area (Å²) in [5.74, 6) is -3.69. The highest BCUT2D eigenvalue weighted by atomic mass is 32.2. The molecule has 0 fully saturated rings. The Morgan fingerprint density at radius 2 is 1.95 bits per heavy atom. The number of carbonyl (C=O) groups excluding carboxylic acids is 1. The molecule has 110 valence electrons. The number of hydrogen-bond donors (Lipinski definition) is 2. The second-order valence-electron chi connectivity index (χ2n) is 4.49. The molecule has 0 bridgehead atoms. The molecule has 2 N–H and O–H groups in total. The number of thioether (sulfide) groups is 1.